The monoisotopic (exact) mass is 284 g/mol. The number of hydrogen-bond acceptors (Lipinski definition) is 4. The summed E-state index contributed by atoms with van der Waals surface area (Å²) in [5.74, 6) is -2.87. The summed E-state index contributed by atoms with van der Waals surface area (Å²) >= 11 is 0. The zero-order valence-corrected chi connectivity index (χ0v) is 11.7. The van der Waals surface area contributed by atoms with Gasteiger partial charge in [0.15, 0.2) is 0 Å². The van der Waals surface area contributed by atoms with Crippen LogP contribution in [0.5, 0.6) is 0 Å². The quantitative estimate of drug-likeness (QED) is 0.792. The molecule has 4 unspecified atom stereocenters. The molecule has 0 radical (unpaired) electrons. The highest BCUT2D eigenvalue weighted by atomic mass is 16.4. The van der Waals surface area contributed by atoms with E-state index in [0.29, 0.717) is 25.7 Å². The number of aliphatic carboxylic acids is 2. The van der Waals surface area contributed by atoms with E-state index in [2.05, 4.69) is 0 Å². The van der Waals surface area contributed by atoms with Gasteiger partial charge in [-0.25, -0.2) is 0 Å². The second-order valence-corrected chi connectivity index (χ2v) is 5.48. The third-order valence-electron chi connectivity index (χ3n) is 4.26. The highest BCUT2D eigenvalue weighted by Crippen LogP contribution is 2.28. The largest absolute Gasteiger partial charge is 0.481 e. The van der Waals surface area contributed by atoms with Crippen molar-refractivity contribution in [3.63, 3.8) is 0 Å². The Morgan fingerprint density at radius 2 is 1.15 bits per heavy atom. The average molecular weight is 284 g/mol. The van der Waals surface area contributed by atoms with E-state index >= 15 is 0 Å². The van der Waals surface area contributed by atoms with E-state index in [1.54, 1.807) is 13.8 Å². The van der Waals surface area contributed by atoms with E-state index in [0.717, 1.165) is 0 Å². The molecule has 0 saturated heterocycles. The molecule has 20 heavy (non-hydrogen) atoms. The summed E-state index contributed by atoms with van der Waals surface area (Å²) in [5.41, 5.74) is 0. The molecule has 6 heteroatoms. The van der Waals surface area contributed by atoms with Gasteiger partial charge in [-0.3, -0.25) is 19.2 Å². The minimum Gasteiger partial charge on any atom is -0.481 e. The van der Waals surface area contributed by atoms with Crippen LogP contribution >= 0.6 is 0 Å². The molecule has 112 valence electrons. The van der Waals surface area contributed by atoms with Crippen molar-refractivity contribution < 1.29 is 29.4 Å². The van der Waals surface area contributed by atoms with Crippen molar-refractivity contribution in [1.29, 1.82) is 0 Å². The maximum atomic E-state index is 10.8. The van der Waals surface area contributed by atoms with Crippen molar-refractivity contribution in [2.24, 2.45) is 23.7 Å². The number of carbonyl (C=O) groups is 4. The molecule has 2 N–H and O–H groups in total. The van der Waals surface area contributed by atoms with Crippen molar-refractivity contribution in [3.05, 3.63) is 0 Å². The fourth-order valence-corrected chi connectivity index (χ4v) is 2.67. The Balaban J connectivity index is 0.000000200. The number of carboxylic acids is 2. The second kappa shape index (κ2) is 6.63. The zero-order valence-electron chi connectivity index (χ0n) is 11.7. The van der Waals surface area contributed by atoms with Crippen molar-refractivity contribution in [2.75, 3.05) is 0 Å². The molecule has 2 aliphatic rings. The predicted octanol–water partition coefficient (Wildman–Crippen LogP) is 1.37. The smallest absolute Gasteiger partial charge is 0.307 e. The van der Waals surface area contributed by atoms with Gasteiger partial charge < -0.3 is 10.2 Å². The Labute approximate surface area is 117 Å². The molecule has 2 saturated carbocycles. The SMILES string of the molecule is CC1C(=O)CCC1C(=O)O.CC1C(=O)CCC1C(=O)O. The van der Waals surface area contributed by atoms with E-state index in [-0.39, 0.29) is 23.4 Å². The Hall–Kier alpha value is -1.72. The van der Waals surface area contributed by atoms with Crippen LogP contribution < -0.4 is 0 Å². The van der Waals surface area contributed by atoms with Gasteiger partial charge in [-0.15, -0.1) is 0 Å². The molecule has 0 bridgehead atoms. The van der Waals surface area contributed by atoms with E-state index in [9.17, 15) is 19.2 Å². The third-order valence-corrected chi connectivity index (χ3v) is 4.26. The van der Waals surface area contributed by atoms with Crippen LogP contribution in [0.3, 0.4) is 0 Å². The molecular formula is C14H20O6. The molecule has 0 heterocycles. The van der Waals surface area contributed by atoms with Crippen LogP contribution in [0.1, 0.15) is 39.5 Å². The van der Waals surface area contributed by atoms with Crippen molar-refractivity contribution in [3.8, 4) is 0 Å². The Kier molecular flexibility index (Phi) is 5.42. The zero-order chi connectivity index (χ0) is 15.4. The minimum absolute atomic E-state index is 0.0902. The van der Waals surface area contributed by atoms with E-state index in [4.69, 9.17) is 10.2 Å². The molecule has 0 aromatic heterocycles. The summed E-state index contributed by atoms with van der Waals surface area (Å²) in [6.07, 6.45) is 1.93. The normalized spacial score (nSPS) is 32.7. The third kappa shape index (κ3) is 3.65. The van der Waals surface area contributed by atoms with Crippen molar-refractivity contribution in [2.45, 2.75) is 39.5 Å². The van der Waals surface area contributed by atoms with Gasteiger partial charge in [0.2, 0.25) is 0 Å². The highest BCUT2D eigenvalue weighted by Gasteiger charge is 2.36. The van der Waals surface area contributed by atoms with E-state index < -0.39 is 23.8 Å². The summed E-state index contributed by atoms with van der Waals surface area (Å²) in [7, 11) is 0. The molecular weight excluding hydrogens is 264 g/mol. The van der Waals surface area contributed by atoms with Crippen LogP contribution in [0, 0.1) is 23.7 Å². The van der Waals surface area contributed by atoms with Crippen LogP contribution in [0.15, 0.2) is 0 Å². The molecule has 0 aromatic carbocycles. The van der Waals surface area contributed by atoms with Gasteiger partial charge in [-0.2, -0.15) is 0 Å². The fraction of sp³-hybridized carbons (Fsp3) is 0.714. The van der Waals surface area contributed by atoms with Gasteiger partial charge >= 0.3 is 11.9 Å². The van der Waals surface area contributed by atoms with Gasteiger partial charge in [0.05, 0.1) is 11.8 Å². The number of carbonyl (C=O) groups excluding carboxylic acids is 2. The number of Topliss-reactive ketones (excluding diaryl/α,β-unsaturated/α-hetero) is 2. The average Bonchev–Trinajstić information content (AvgIpc) is 2.86. The summed E-state index contributed by atoms with van der Waals surface area (Å²) in [6.45, 7) is 3.38. The van der Waals surface area contributed by atoms with Crippen molar-refractivity contribution >= 4 is 23.5 Å². The number of rotatable bonds is 2. The molecule has 0 spiro atoms. The highest BCUT2D eigenvalue weighted by molar-refractivity contribution is 5.89. The van der Waals surface area contributed by atoms with Gasteiger partial charge in [-0.1, -0.05) is 13.8 Å². The van der Waals surface area contributed by atoms with Crippen LogP contribution in [-0.4, -0.2) is 33.7 Å². The maximum absolute atomic E-state index is 10.8. The lowest BCUT2D eigenvalue weighted by atomic mass is 9.98. The molecule has 4 atom stereocenters. The Morgan fingerprint density at radius 3 is 1.25 bits per heavy atom. The van der Waals surface area contributed by atoms with Gasteiger partial charge in [0.1, 0.15) is 11.6 Å². The molecule has 2 rings (SSSR count). The standard InChI is InChI=1S/2C7H10O3/c2*1-4-5(7(9)10)2-3-6(4)8/h2*4-5H,2-3H2,1H3,(H,9,10). The number of carboxylic acid groups (broad SMARTS) is 2. The van der Waals surface area contributed by atoms with Gasteiger partial charge in [0.25, 0.3) is 0 Å². The lowest BCUT2D eigenvalue weighted by molar-refractivity contribution is -0.144. The molecule has 6 nitrogen and oxygen atoms in total. The Morgan fingerprint density at radius 1 is 0.850 bits per heavy atom. The molecule has 2 fully saturated rings. The topological polar surface area (TPSA) is 109 Å². The summed E-state index contributed by atoms with van der Waals surface area (Å²) in [6, 6.07) is 0. The summed E-state index contributed by atoms with van der Waals surface area (Å²) in [5, 5.41) is 17.1. The van der Waals surface area contributed by atoms with Gasteiger partial charge in [-0.05, 0) is 12.8 Å². The predicted molar refractivity (Wildman–Crippen MR) is 69.1 cm³/mol. The lowest BCUT2D eigenvalue weighted by Crippen LogP contribution is -2.18. The molecule has 0 aromatic rings. The van der Waals surface area contributed by atoms with Crippen LogP contribution in [-0.2, 0) is 19.2 Å². The first-order chi connectivity index (χ1) is 9.25. The first kappa shape index (κ1) is 16.3. The van der Waals surface area contributed by atoms with Gasteiger partial charge in [0, 0.05) is 24.7 Å². The summed E-state index contributed by atoms with van der Waals surface area (Å²) in [4.78, 5) is 42.5. The molecule has 2 aliphatic carbocycles. The summed E-state index contributed by atoms with van der Waals surface area (Å²) < 4.78 is 0. The van der Waals surface area contributed by atoms with Crippen LogP contribution in [0.2, 0.25) is 0 Å². The van der Waals surface area contributed by atoms with Crippen molar-refractivity contribution in [1.82, 2.24) is 0 Å². The maximum Gasteiger partial charge on any atom is 0.307 e. The first-order valence-electron chi connectivity index (χ1n) is 6.76. The van der Waals surface area contributed by atoms with Crippen LogP contribution in [0.25, 0.3) is 0 Å². The first-order valence-corrected chi connectivity index (χ1v) is 6.76. The number of hydrogen-bond donors (Lipinski definition) is 2. The van der Waals surface area contributed by atoms with E-state index in [1.807, 2.05) is 0 Å². The fourth-order valence-electron chi connectivity index (χ4n) is 2.67. The molecule has 0 amide bonds. The second-order valence-electron chi connectivity index (χ2n) is 5.48. The lowest BCUT2D eigenvalue weighted by Gasteiger charge is -2.06. The minimum atomic E-state index is -0.835. The number of ketones is 2. The Bertz CT molecular complexity index is 387. The van der Waals surface area contributed by atoms with Crippen LogP contribution in [0.4, 0.5) is 0 Å². The van der Waals surface area contributed by atoms with E-state index in [1.165, 1.54) is 0 Å². The molecule has 0 aliphatic heterocycles.